The molecule has 1 saturated carbocycles. The molecular formula is C14H25IO5. The van der Waals surface area contributed by atoms with Crippen molar-refractivity contribution in [3.63, 3.8) is 0 Å². The van der Waals surface area contributed by atoms with Gasteiger partial charge in [-0.05, 0) is 26.2 Å². The van der Waals surface area contributed by atoms with Crippen molar-refractivity contribution >= 4 is 28.6 Å². The highest BCUT2D eigenvalue weighted by atomic mass is 127. The van der Waals surface area contributed by atoms with Crippen LogP contribution in [0.5, 0.6) is 0 Å². The van der Waals surface area contributed by atoms with E-state index in [0.29, 0.717) is 37.0 Å². The largest absolute Gasteiger partial charge is 0.466 e. The number of rotatable bonds is 10. The number of hydrogen-bond acceptors (Lipinski definition) is 5. The zero-order valence-electron chi connectivity index (χ0n) is 12.3. The van der Waals surface area contributed by atoms with Crippen LogP contribution in [0.3, 0.4) is 0 Å². The lowest BCUT2D eigenvalue weighted by Gasteiger charge is -2.15. The number of ether oxygens (including phenoxy) is 4. The van der Waals surface area contributed by atoms with Gasteiger partial charge in [0.05, 0.1) is 31.8 Å². The number of hydrogen-bond donors (Lipinski definition) is 0. The molecule has 0 aromatic carbocycles. The highest BCUT2D eigenvalue weighted by Crippen LogP contribution is 2.34. The molecule has 0 bridgehead atoms. The number of halogens is 1. The molecule has 0 saturated heterocycles. The third-order valence-electron chi connectivity index (χ3n) is 3.25. The molecule has 1 aliphatic rings. The molecule has 5 nitrogen and oxygen atoms in total. The molecule has 0 N–H and O–H groups in total. The number of alkyl halides is 1. The number of methoxy groups -OCH3 is 1. The number of esters is 1. The van der Waals surface area contributed by atoms with Gasteiger partial charge in [0.1, 0.15) is 0 Å². The van der Waals surface area contributed by atoms with Crippen LogP contribution in [0.15, 0.2) is 0 Å². The molecule has 0 heterocycles. The van der Waals surface area contributed by atoms with E-state index in [1.807, 2.05) is 6.92 Å². The van der Waals surface area contributed by atoms with Crippen LogP contribution in [0.25, 0.3) is 0 Å². The minimum absolute atomic E-state index is 0.000182. The molecule has 6 heteroatoms. The van der Waals surface area contributed by atoms with E-state index in [0.717, 1.165) is 19.3 Å². The predicted octanol–water partition coefficient (Wildman–Crippen LogP) is 2.20. The fraction of sp³-hybridized carbons (Fsp3) is 0.929. The molecule has 0 amide bonds. The van der Waals surface area contributed by atoms with Crippen molar-refractivity contribution in [2.45, 2.75) is 36.2 Å². The fourth-order valence-electron chi connectivity index (χ4n) is 2.21. The van der Waals surface area contributed by atoms with Crippen LogP contribution in [-0.4, -0.2) is 56.1 Å². The monoisotopic (exact) mass is 400 g/mol. The highest BCUT2D eigenvalue weighted by Gasteiger charge is 2.37. The Bertz CT molecular complexity index is 274. The Kier molecular flexibility index (Phi) is 9.75. The molecule has 1 fully saturated rings. The second-order valence-electron chi connectivity index (χ2n) is 4.80. The first-order valence-electron chi connectivity index (χ1n) is 7.18. The lowest BCUT2D eigenvalue weighted by Crippen LogP contribution is -2.20. The maximum Gasteiger partial charge on any atom is 0.309 e. The molecule has 1 rings (SSSR count). The van der Waals surface area contributed by atoms with Crippen LogP contribution in [0.4, 0.5) is 0 Å². The van der Waals surface area contributed by atoms with Crippen molar-refractivity contribution in [1.29, 1.82) is 0 Å². The SMILES string of the molecule is CCOC(=O)C1CC(I)C(OCCCOCCOC)C1. The maximum atomic E-state index is 11.7. The molecule has 3 unspecified atom stereocenters. The van der Waals surface area contributed by atoms with Gasteiger partial charge in [0, 0.05) is 24.2 Å². The summed E-state index contributed by atoms with van der Waals surface area (Å²) in [5.74, 6) is -0.0806. The average molecular weight is 400 g/mol. The highest BCUT2D eigenvalue weighted by molar-refractivity contribution is 14.1. The Morgan fingerprint density at radius 2 is 2.00 bits per heavy atom. The molecule has 0 radical (unpaired) electrons. The van der Waals surface area contributed by atoms with Gasteiger partial charge < -0.3 is 18.9 Å². The lowest BCUT2D eigenvalue weighted by molar-refractivity contribution is -0.148. The molecule has 118 valence electrons. The summed E-state index contributed by atoms with van der Waals surface area (Å²) in [6.07, 6.45) is 2.66. The van der Waals surface area contributed by atoms with E-state index in [1.54, 1.807) is 7.11 Å². The van der Waals surface area contributed by atoms with Crippen LogP contribution < -0.4 is 0 Å². The molecule has 0 aliphatic heterocycles. The first-order chi connectivity index (χ1) is 9.69. The van der Waals surface area contributed by atoms with Crippen molar-refractivity contribution in [3.05, 3.63) is 0 Å². The molecular weight excluding hydrogens is 375 g/mol. The summed E-state index contributed by atoms with van der Waals surface area (Å²) in [7, 11) is 1.66. The summed E-state index contributed by atoms with van der Waals surface area (Å²) in [6, 6.07) is 0. The molecule has 1 aliphatic carbocycles. The van der Waals surface area contributed by atoms with Gasteiger partial charge in [0.2, 0.25) is 0 Å². The number of carbonyl (C=O) groups excluding carboxylic acids is 1. The van der Waals surface area contributed by atoms with Crippen molar-refractivity contribution in [2.75, 3.05) is 40.1 Å². The average Bonchev–Trinajstić information content (AvgIpc) is 2.80. The van der Waals surface area contributed by atoms with Crippen molar-refractivity contribution in [1.82, 2.24) is 0 Å². The summed E-state index contributed by atoms with van der Waals surface area (Å²) in [5.41, 5.74) is 0. The quantitative estimate of drug-likeness (QED) is 0.244. The summed E-state index contributed by atoms with van der Waals surface area (Å²) in [6.45, 7) is 4.90. The van der Waals surface area contributed by atoms with Gasteiger partial charge in [-0.2, -0.15) is 0 Å². The Morgan fingerprint density at radius 3 is 2.70 bits per heavy atom. The van der Waals surface area contributed by atoms with Crippen LogP contribution in [0, 0.1) is 5.92 Å². The molecule has 0 aromatic rings. The van der Waals surface area contributed by atoms with E-state index in [9.17, 15) is 4.79 Å². The van der Waals surface area contributed by atoms with Crippen LogP contribution in [0.1, 0.15) is 26.2 Å². The number of carbonyl (C=O) groups is 1. The minimum Gasteiger partial charge on any atom is -0.466 e. The second kappa shape index (κ2) is 10.8. The zero-order chi connectivity index (χ0) is 14.8. The molecule has 3 atom stereocenters. The second-order valence-corrected chi connectivity index (χ2v) is 6.40. The summed E-state index contributed by atoms with van der Waals surface area (Å²) in [5, 5.41) is 0. The Labute approximate surface area is 134 Å². The van der Waals surface area contributed by atoms with Gasteiger partial charge in [0.25, 0.3) is 0 Å². The van der Waals surface area contributed by atoms with Crippen molar-refractivity contribution < 1.29 is 23.7 Å². The van der Waals surface area contributed by atoms with Gasteiger partial charge >= 0.3 is 5.97 Å². The maximum absolute atomic E-state index is 11.7. The third-order valence-corrected chi connectivity index (χ3v) is 4.56. The zero-order valence-corrected chi connectivity index (χ0v) is 14.5. The van der Waals surface area contributed by atoms with E-state index < -0.39 is 0 Å². The topological polar surface area (TPSA) is 54.0 Å². The summed E-state index contributed by atoms with van der Waals surface area (Å²) < 4.78 is 21.6. The van der Waals surface area contributed by atoms with E-state index in [-0.39, 0.29) is 18.0 Å². The van der Waals surface area contributed by atoms with E-state index in [1.165, 1.54) is 0 Å². The van der Waals surface area contributed by atoms with E-state index in [2.05, 4.69) is 22.6 Å². The van der Waals surface area contributed by atoms with Gasteiger partial charge in [-0.1, -0.05) is 22.6 Å². The molecule has 0 spiro atoms. The van der Waals surface area contributed by atoms with Gasteiger partial charge in [-0.15, -0.1) is 0 Å². The molecule has 0 aromatic heterocycles. The summed E-state index contributed by atoms with van der Waals surface area (Å²) in [4.78, 5) is 11.7. The normalized spacial score (nSPS) is 25.9. The van der Waals surface area contributed by atoms with Crippen LogP contribution >= 0.6 is 22.6 Å². The van der Waals surface area contributed by atoms with E-state index in [4.69, 9.17) is 18.9 Å². The first kappa shape index (κ1) is 18.1. The Balaban J connectivity index is 2.10. The van der Waals surface area contributed by atoms with Crippen molar-refractivity contribution in [2.24, 2.45) is 5.92 Å². The van der Waals surface area contributed by atoms with Crippen LogP contribution in [-0.2, 0) is 23.7 Å². The van der Waals surface area contributed by atoms with Crippen molar-refractivity contribution in [3.8, 4) is 0 Å². The van der Waals surface area contributed by atoms with Gasteiger partial charge in [-0.3, -0.25) is 4.79 Å². The van der Waals surface area contributed by atoms with Crippen LogP contribution in [0.2, 0.25) is 0 Å². The smallest absolute Gasteiger partial charge is 0.309 e. The lowest BCUT2D eigenvalue weighted by atomic mass is 10.1. The first-order valence-corrected chi connectivity index (χ1v) is 8.42. The minimum atomic E-state index is -0.0804. The Hall–Kier alpha value is 0.0800. The van der Waals surface area contributed by atoms with E-state index >= 15 is 0 Å². The standard InChI is InChI=1S/C14H25IO5/c1-3-19-14(16)11-9-12(15)13(10-11)20-6-4-5-18-8-7-17-2/h11-13H,3-10H2,1-2H3. The Morgan fingerprint density at radius 1 is 1.20 bits per heavy atom. The van der Waals surface area contributed by atoms with Gasteiger partial charge in [0.15, 0.2) is 0 Å². The predicted molar refractivity (Wildman–Crippen MR) is 84.2 cm³/mol. The molecule has 20 heavy (non-hydrogen) atoms. The third kappa shape index (κ3) is 6.69. The van der Waals surface area contributed by atoms with Gasteiger partial charge in [-0.25, -0.2) is 0 Å². The summed E-state index contributed by atoms with van der Waals surface area (Å²) >= 11 is 2.37. The fourth-order valence-corrected chi connectivity index (χ4v) is 3.33.